The van der Waals surface area contributed by atoms with E-state index in [1.807, 2.05) is 24.3 Å². The number of aromatic nitrogens is 2. The molecule has 2 heterocycles. The molecule has 0 amide bonds. The molecule has 0 radical (unpaired) electrons. The molecule has 0 bridgehead atoms. The SMILES string of the molecule is FC(F)=C(F)C(F)F.c1ccc(Oc2ccccn2)nc1. The standard InChI is InChI=1S/C10H8N2O.C3HF5/c1-3-7-11-9(5-1)13-10-6-2-4-8-12-10;4-1(2(5)6)3(7)8/h1-8H;2H. The number of alkyl halides is 2. The summed E-state index contributed by atoms with van der Waals surface area (Å²) >= 11 is 0. The molecule has 0 aromatic carbocycles. The number of allylic oxidation sites excluding steroid dienone is 1. The van der Waals surface area contributed by atoms with Crippen LogP contribution in [-0.2, 0) is 0 Å². The minimum atomic E-state index is -3.69. The lowest BCUT2D eigenvalue weighted by molar-refractivity contribution is 0.145. The summed E-state index contributed by atoms with van der Waals surface area (Å²) in [6.07, 6.45) is -3.30. The lowest BCUT2D eigenvalue weighted by Gasteiger charge is -2.00. The van der Waals surface area contributed by atoms with Crippen LogP contribution in [0, 0.1) is 0 Å². The number of hydrogen-bond donors (Lipinski definition) is 0. The van der Waals surface area contributed by atoms with Gasteiger partial charge in [0.1, 0.15) is 0 Å². The summed E-state index contributed by atoms with van der Waals surface area (Å²) in [6.45, 7) is 0. The Labute approximate surface area is 116 Å². The minimum absolute atomic E-state index is 0.557. The fraction of sp³-hybridized carbons (Fsp3) is 0.0769. The molecule has 21 heavy (non-hydrogen) atoms. The monoisotopic (exact) mass is 304 g/mol. The summed E-state index contributed by atoms with van der Waals surface area (Å²) in [5.74, 6) is -1.53. The van der Waals surface area contributed by atoms with Crippen molar-refractivity contribution >= 4 is 0 Å². The first-order chi connectivity index (χ1) is 10.0. The molecule has 0 spiro atoms. The van der Waals surface area contributed by atoms with Gasteiger partial charge < -0.3 is 4.74 Å². The number of halogens is 5. The summed E-state index contributed by atoms with van der Waals surface area (Å²) in [4.78, 5) is 8.02. The molecule has 0 aliphatic heterocycles. The summed E-state index contributed by atoms with van der Waals surface area (Å²) < 4.78 is 59.3. The van der Waals surface area contributed by atoms with Crippen molar-refractivity contribution in [3.63, 3.8) is 0 Å². The fourth-order valence-corrected chi connectivity index (χ4v) is 1.00. The van der Waals surface area contributed by atoms with Crippen molar-refractivity contribution in [2.75, 3.05) is 0 Å². The molecule has 0 atom stereocenters. The molecule has 2 aromatic heterocycles. The average Bonchev–Trinajstić information content (AvgIpc) is 2.49. The van der Waals surface area contributed by atoms with E-state index in [9.17, 15) is 22.0 Å². The molecule has 0 fully saturated rings. The third kappa shape index (κ3) is 6.46. The highest BCUT2D eigenvalue weighted by molar-refractivity contribution is 5.18. The Balaban J connectivity index is 0.000000240. The topological polar surface area (TPSA) is 35.0 Å². The van der Waals surface area contributed by atoms with Crippen LogP contribution in [0.1, 0.15) is 0 Å². The van der Waals surface area contributed by atoms with E-state index in [1.165, 1.54) is 0 Å². The van der Waals surface area contributed by atoms with Gasteiger partial charge in [-0.3, -0.25) is 0 Å². The minimum Gasteiger partial charge on any atom is -0.421 e. The number of hydrogen-bond acceptors (Lipinski definition) is 3. The van der Waals surface area contributed by atoms with Crippen LogP contribution >= 0.6 is 0 Å². The van der Waals surface area contributed by atoms with Gasteiger partial charge in [0, 0.05) is 24.5 Å². The second-order valence-electron chi connectivity index (χ2n) is 3.35. The molecule has 0 N–H and O–H groups in total. The van der Waals surface area contributed by atoms with E-state index in [0.29, 0.717) is 11.8 Å². The summed E-state index contributed by atoms with van der Waals surface area (Å²) in [5, 5.41) is 0. The highest BCUT2D eigenvalue weighted by Crippen LogP contribution is 2.16. The number of pyridine rings is 2. The van der Waals surface area contributed by atoms with Crippen molar-refractivity contribution in [1.29, 1.82) is 0 Å². The van der Waals surface area contributed by atoms with Gasteiger partial charge in [-0.25, -0.2) is 18.7 Å². The quantitative estimate of drug-likeness (QED) is 0.777. The van der Waals surface area contributed by atoms with Crippen molar-refractivity contribution in [2.45, 2.75) is 6.43 Å². The molecule has 0 saturated carbocycles. The maximum atomic E-state index is 11.0. The number of nitrogens with zero attached hydrogens (tertiary/aromatic N) is 2. The summed E-state index contributed by atoms with van der Waals surface area (Å²) in [5.41, 5.74) is 0. The van der Waals surface area contributed by atoms with Gasteiger partial charge >= 0.3 is 6.08 Å². The second kappa shape index (κ2) is 8.62. The van der Waals surface area contributed by atoms with Crippen LogP contribution in [0.15, 0.2) is 60.7 Å². The van der Waals surface area contributed by atoms with Gasteiger partial charge in [-0.05, 0) is 12.1 Å². The van der Waals surface area contributed by atoms with E-state index < -0.39 is 18.3 Å². The van der Waals surface area contributed by atoms with Gasteiger partial charge in [-0.2, -0.15) is 13.2 Å². The summed E-state index contributed by atoms with van der Waals surface area (Å²) in [6, 6.07) is 11.0. The zero-order chi connectivity index (χ0) is 15.7. The molecular formula is C13H9F5N2O. The highest BCUT2D eigenvalue weighted by Gasteiger charge is 2.16. The Morgan fingerprint density at radius 2 is 1.33 bits per heavy atom. The number of rotatable bonds is 3. The molecular weight excluding hydrogens is 295 g/mol. The molecule has 0 saturated heterocycles. The molecule has 8 heteroatoms. The predicted molar refractivity (Wildman–Crippen MR) is 64.9 cm³/mol. The molecule has 0 aliphatic rings. The van der Waals surface area contributed by atoms with Gasteiger partial charge in [-0.1, -0.05) is 12.1 Å². The van der Waals surface area contributed by atoms with Crippen molar-refractivity contribution in [3.8, 4) is 11.8 Å². The molecule has 2 aromatic rings. The van der Waals surface area contributed by atoms with E-state index in [0.717, 1.165) is 0 Å². The smallest absolute Gasteiger partial charge is 0.307 e. The van der Waals surface area contributed by atoms with Crippen molar-refractivity contribution in [1.82, 2.24) is 9.97 Å². The predicted octanol–water partition coefficient (Wildman–Crippen LogP) is 4.60. The fourth-order valence-electron chi connectivity index (χ4n) is 1.00. The molecule has 0 unspecified atom stereocenters. The van der Waals surface area contributed by atoms with Crippen LogP contribution in [0.3, 0.4) is 0 Å². The van der Waals surface area contributed by atoms with E-state index in [-0.39, 0.29) is 0 Å². The first kappa shape index (κ1) is 16.5. The third-order valence-corrected chi connectivity index (χ3v) is 1.86. The lowest BCUT2D eigenvalue weighted by atomic mass is 10.5. The van der Waals surface area contributed by atoms with Gasteiger partial charge in [0.15, 0.2) is 0 Å². The average molecular weight is 304 g/mol. The Hall–Kier alpha value is -2.51. The van der Waals surface area contributed by atoms with Crippen LogP contribution in [0.5, 0.6) is 11.8 Å². The van der Waals surface area contributed by atoms with E-state index in [2.05, 4.69) is 9.97 Å². The molecule has 3 nitrogen and oxygen atoms in total. The van der Waals surface area contributed by atoms with Crippen LogP contribution < -0.4 is 4.74 Å². The Morgan fingerprint density at radius 1 is 0.857 bits per heavy atom. The lowest BCUT2D eigenvalue weighted by Crippen LogP contribution is -1.90. The van der Waals surface area contributed by atoms with E-state index >= 15 is 0 Å². The zero-order valence-corrected chi connectivity index (χ0v) is 10.4. The normalized spacial score (nSPS) is 9.62. The van der Waals surface area contributed by atoms with Crippen LogP contribution in [0.4, 0.5) is 22.0 Å². The molecule has 2 rings (SSSR count). The van der Waals surface area contributed by atoms with Gasteiger partial charge in [0.05, 0.1) is 0 Å². The zero-order valence-electron chi connectivity index (χ0n) is 10.4. The first-order valence-electron chi connectivity index (χ1n) is 5.49. The number of ether oxygens (including phenoxy) is 1. The van der Waals surface area contributed by atoms with Crippen LogP contribution in [-0.4, -0.2) is 16.4 Å². The third-order valence-electron chi connectivity index (χ3n) is 1.86. The van der Waals surface area contributed by atoms with Gasteiger partial charge in [-0.15, -0.1) is 0 Å². The van der Waals surface area contributed by atoms with E-state index in [4.69, 9.17) is 4.74 Å². The Bertz CT molecular complexity index is 522. The highest BCUT2D eigenvalue weighted by atomic mass is 19.3. The van der Waals surface area contributed by atoms with Gasteiger partial charge in [0.2, 0.25) is 17.6 Å². The van der Waals surface area contributed by atoms with Crippen molar-refractivity contribution in [2.24, 2.45) is 0 Å². The van der Waals surface area contributed by atoms with Crippen molar-refractivity contribution < 1.29 is 26.7 Å². The first-order valence-corrected chi connectivity index (χ1v) is 5.49. The summed E-state index contributed by atoms with van der Waals surface area (Å²) in [7, 11) is 0. The largest absolute Gasteiger partial charge is 0.421 e. The second-order valence-corrected chi connectivity index (χ2v) is 3.35. The van der Waals surface area contributed by atoms with E-state index in [1.54, 1.807) is 24.5 Å². The van der Waals surface area contributed by atoms with Crippen LogP contribution in [0.2, 0.25) is 0 Å². The Kier molecular flexibility index (Phi) is 6.79. The molecule has 0 aliphatic carbocycles. The van der Waals surface area contributed by atoms with Gasteiger partial charge in [0.25, 0.3) is 6.43 Å². The maximum absolute atomic E-state index is 11.0. The maximum Gasteiger partial charge on any atom is 0.307 e. The van der Waals surface area contributed by atoms with Crippen molar-refractivity contribution in [3.05, 3.63) is 60.7 Å². The Morgan fingerprint density at radius 3 is 1.57 bits per heavy atom. The van der Waals surface area contributed by atoms with Crippen LogP contribution in [0.25, 0.3) is 0 Å². The molecule has 112 valence electrons.